The van der Waals surface area contributed by atoms with Gasteiger partial charge in [-0.05, 0) is 32.1 Å². The number of hydrogen-bond acceptors (Lipinski definition) is 5. The second-order valence-electron chi connectivity index (χ2n) is 6.50. The van der Waals surface area contributed by atoms with Gasteiger partial charge in [0.1, 0.15) is 17.2 Å². The van der Waals surface area contributed by atoms with E-state index in [4.69, 9.17) is 18.9 Å². The maximum absolute atomic E-state index is 5.67. The summed E-state index contributed by atoms with van der Waals surface area (Å²) in [5, 5.41) is 6.61. The van der Waals surface area contributed by atoms with E-state index in [1.807, 2.05) is 19.1 Å². The zero-order valence-corrected chi connectivity index (χ0v) is 19.7. The lowest BCUT2D eigenvalue weighted by Crippen LogP contribution is -2.38. The van der Waals surface area contributed by atoms with Crippen molar-refractivity contribution in [3.63, 3.8) is 0 Å². The Kier molecular flexibility index (Phi) is 12.1. The van der Waals surface area contributed by atoms with Crippen LogP contribution in [0.15, 0.2) is 17.1 Å². The number of benzene rings is 1. The molecule has 1 aliphatic rings. The molecule has 0 amide bonds. The molecule has 2 N–H and O–H groups in total. The molecule has 160 valence electrons. The minimum Gasteiger partial charge on any atom is -0.496 e. The largest absolute Gasteiger partial charge is 0.496 e. The van der Waals surface area contributed by atoms with Gasteiger partial charge in [0.2, 0.25) is 0 Å². The van der Waals surface area contributed by atoms with E-state index in [1.54, 1.807) is 21.3 Å². The smallest absolute Gasteiger partial charge is 0.191 e. The maximum Gasteiger partial charge on any atom is 0.191 e. The molecule has 8 heteroatoms. The molecule has 28 heavy (non-hydrogen) atoms. The lowest BCUT2D eigenvalue weighted by molar-refractivity contribution is 0.123. The molecule has 0 spiro atoms. The Labute approximate surface area is 185 Å². The highest BCUT2D eigenvalue weighted by Crippen LogP contribution is 2.34. The number of hydrogen-bond donors (Lipinski definition) is 2. The first-order valence-electron chi connectivity index (χ1n) is 9.60. The van der Waals surface area contributed by atoms with Gasteiger partial charge >= 0.3 is 0 Å². The number of guanidine groups is 1. The number of halogens is 1. The molecule has 0 atom stereocenters. The van der Waals surface area contributed by atoms with Crippen LogP contribution in [-0.2, 0) is 11.3 Å². The normalized spacial score (nSPS) is 13.5. The van der Waals surface area contributed by atoms with Crippen LogP contribution in [0.5, 0.6) is 17.2 Å². The number of ether oxygens (including phenoxy) is 4. The SMILES string of the molecule is CCNC(=NCc1c(OC)cc(OC)cc1OC)NCCCOCC1CC1.I. The summed E-state index contributed by atoms with van der Waals surface area (Å²) in [7, 11) is 4.88. The van der Waals surface area contributed by atoms with Crippen LogP contribution in [-0.4, -0.2) is 53.6 Å². The Hall–Kier alpha value is -1.42. The molecular weight excluding hydrogens is 473 g/mol. The van der Waals surface area contributed by atoms with Crippen molar-refractivity contribution in [1.29, 1.82) is 0 Å². The van der Waals surface area contributed by atoms with Crippen LogP contribution in [0.25, 0.3) is 0 Å². The Balaban J connectivity index is 0.00000392. The number of rotatable bonds is 12. The summed E-state index contributed by atoms with van der Waals surface area (Å²) in [5.41, 5.74) is 0.880. The van der Waals surface area contributed by atoms with Crippen LogP contribution >= 0.6 is 24.0 Å². The van der Waals surface area contributed by atoms with E-state index in [0.29, 0.717) is 23.8 Å². The Bertz CT molecular complexity index is 584. The van der Waals surface area contributed by atoms with Crippen molar-refractivity contribution in [2.45, 2.75) is 32.7 Å². The molecule has 1 aromatic rings. The molecule has 7 nitrogen and oxygen atoms in total. The van der Waals surface area contributed by atoms with Gasteiger partial charge in [-0.1, -0.05) is 0 Å². The van der Waals surface area contributed by atoms with Crippen molar-refractivity contribution < 1.29 is 18.9 Å². The van der Waals surface area contributed by atoms with Crippen molar-refractivity contribution in [3.05, 3.63) is 17.7 Å². The average molecular weight is 507 g/mol. The number of aliphatic imine (C=N–C) groups is 1. The summed E-state index contributed by atoms with van der Waals surface area (Å²) < 4.78 is 21.9. The van der Waals surface area contributed by atoms with Crippen molar-refractivity contribution in [2.75, 3.05) is 47.6 Å². The standard InChI is InChI=1S/C20H33N3O4.HI/c1-5-21-20(22-9-6-10-27-14-15-7-8-15)23-13-17-18(25-3)11-16(24-2)12-19(17)26-4;/h11-12,15H,5-10,13-14H2,1-4H3,(H2,21,22,23);1H. The fourth-order valence-corrected chi connectivity index (χ4v) is 2.65. The lowest BCUT2D eigenvalue weighted by atomic mass is 10.1. The fourth-order valence-electron chi connectivity index (χ4n) is 2.65. The average Bonchev–Trinajstić information content (AvgIpc) is 3.52. The first-order chi connectivity index (χ1) is 13.2. The minimum atomic E-state index is 0. The van der Waals surface area contributed by atoms with Gasteiger partial charge in [-0.25, -0.2) is 4.99 Å². The summed E-state index contributed by atoms with van der Waals surface area (Å²) >= 11 is 0. The highest BCUT2D eigenvalue weighted by molar-refractivity contribution is 14.0. The molecule has 0 radical (unpaired) electrons. The number of methoxy groups -OCH3 is 3. The zero-order valence-electron chi connectivity index (χ0n) is 17.4. The van der Waals surface area contributed by atoms with Crippen LogP contribution in [0.2, 0.25) is 0 Å². The molecule has 0 bridgehead atoms. The van der Waals surface area contributed by atoms with E-state index in [2.05, 4.69) is 15.6 Å². The van der Waals surface area contributed by atoms with E-state index in [0.717, 1.165) is 50.2 Å². The van der Waals surface area contributed by atoms with Crippen LogP contribution in [0.3, 0.4) is 0 Å². The molecular formula is C20H34IN3O4. The Morgan fingerprint density at radius 3 is 2.29 bits per heavy atom. The molecule has 1 saturated carbocycles. The van der Waals surface area contributed by atoms with E-state index in [1.165, 1.54) is 12.8 Å². The lowest BCUT2D eigenvalue weighted by Gasteiger charge is -2.15. The van der Waals surface area contributed by atoms with Gasteiger partial charge in [0, 0.05) is 38.4 Å². The van der Waals surface area contributed by atoms with Crippen molar-refractivity contribution >= 4 is 29.9 Å². The van der Waals surface area contributed by atoms with Crippen molar-refractivity contribution in [2.24, 2.45) is 10.9 Å². The third-order valence-corrected chi connectivity index (χ3v) is 4.36. The number of nitrogens with zero attached hydrogens (tertiary/aromatic N) is 1. The van der Waals surface area contributed by atoms with E-state index in [-0.39, 0.29) is 24.0 Å². The van der Waals surface area contributed by atoms with Gasteiger partial charge in [0.15, 0.2) is 5.96 Å². The second-order valence-corrected chi connectivity index (χ2v) is 6.50. The zero-order chi connectivity index (χ0) is 19.5. The van der Waals surface area contributed by atoms with E-state index < -0.39 is 0 Å². The van der Waals surface area contributed by atoms with Gasteiger partial charge in [-0.3, -0.25) is 0 Å². The van der Waals surface area contributed by atoms with Gasteiger partial charge in [0.05, 0.1) is 33.4 Å². The third kappa shape index (κ3) is 8.30. The van der Waals surface area contributed by atoms with Crippen LogP contribution in [0.1, 0.15) is 31.7 Å². The molecule has 1 aromatic carbocycles. The van der Waals surface area contributed by atoms with Crippen LogP contribution < -0.4 is 24.8 Å². The summed E-state index contributed by atoms with van der Waals surface area (Å²) in [4.78, 5) is 4.67. The van der Waals surface area contributed by atoms with Crippen molar-refractivity contribution in [1.82, 2.24) is 10.6 Å². The van der Waals surface area contributed by atoms with Crippen LogP contribution in [0, 0.1) is 5.92 Å². The van der Waals surface area contributed by atoms with Gasteiger partial charge in [-0.15, -0.1) is 24.0 Å². The van der Waals surface area contributed by atoms with Crippen LogP contribution in [0.4, 0.5) is 0 Å². The Morgan fingerprint density at radius 2 is 1.75 bits per heavy atom. The molecule has 0 unspecified atom stereocenters. The van der Waals surface area contributed by atoms with E-state index >= 15 is 0 Å². The predicted molar refractivity (Wildman–Crippen MR) is 122 cm³/mol. The highest BCUT2D eigenvalue weighted by atomic mass is 127. The molecule has 0 heterocycles. The highest BCUT2D eigenvalue weighted by Gasteiger charge is 2.20. The first kappa shape index (κ1) is 24.6. The third-order valence-electron chi connectivity index (χ3n) is 4.36. The minimum absolute atomic E-state index is 0. The second kappa shape index (κ2) is 13.7. The van der Waals surface area contributed by atoms with Crippen molar-refractivity contribution in [3.8, 4) is 17.2 Å². The summed E-state index contributed by atoms with van der Waals surface area (Å²) in [6.45, 7) is 5.77. The molecule has 0 aromatic heterocycles. The summed E-state index contributed by atoms with van der Waals surface area (Å²) in [6.07, 6.45) is 3.60. The molecule has 0 aliphatic heterocycles. The molecule has 2 rings (SSSR count). The number of nitrogens with one attached hydrogen (secondary N) is 2. The quantitative estimate of drug-likeness (QED) is 0.196. The topological polar surface area (TPSA) is 73.3 Å². The maximum atomic E-state index is 5.67. The summed E-state index contributed by atoms with van der Waals surface area (Å²) in [5.74, 6) is 3.65. The van der Waals surface area contributed by atoms with Gasteiger partial charge < -0.3 is 29.6 Å². The predicted octanol–water partition coefficient (Wildman–Crippen LogP) is 3.20. The summed E-state index contributed by atoms with van der Waals surface area (Å²) in [6, 6.07) is 3.68. The molecule has 0 saturated heterocycles. The van der Waals surface area contributed by atoms with Gasteiger partial charge in [0.25, 0.3) is 0 Å². The first-order valence-corrected chi connectivity index (χ1v) is 9.60. The molecule has 1 aliphatic carbocycles. The van der Waals surface area contributed by atoms with E-state index in [9.17, 15) is 0 Å². The fraction of sp³-hybridized carbons (Fsp3) is 0.650. The monoisotopic (exact) mass is 507 g/mol. The van der Waals surface area contributed by atoms with Gasteiger partial charge in [-0.2, -0.15) is 0 Å². The Morgan fingerprint density at radius 1 is 1.07 bits per heavy atom. The molecule has 1 fully saturated rings.